The lowest BCUT2D eigenvalue weighted by Gasteiger charge is -2.20. The molecular formula is C13H16ClN5O. The summed E-state index contributed by atoms with van der Waals surface area (Å²) in [5, 5.41) is 0.113. The van der Waals surface area contributed by atoms with Crippen LogP contribution in [0.3, 0.4) is 0 Å². The monoisotopic (exact) mass is 293 g/mol. The van der Waals surface area contributed by atoms with E-state index in [0.29, 0.717) is 12.5 Å². The summed E-state index contributed by atoms with van der Waals surface area (Å²) < 4.78 is 5.01. The predicted molar refractivity (Wildman–Crippen MR) is 77.1 cm³/mol. The van der Waals surface area contributed by atoms with Gasteiger partial charge in [0, 0.05) is 12.2 Å². The number of hydrogen-bond donors (Lipinski definition) is 0. The zero-order chi connectivity index (χ0) is 14.5. The molecule has 0 aliphatic heterocycles. The van der Waals surface area contributed by atoms with Crippen LogP contribution in [0.2, 0.25) is 5.28 Å². The molecular weight excluding hydrogens is 278 g/mol. The number of rotatable bonds is 5. The molecule has 0 unspecified atom stereocenters. The molecule has 2 aromatic heterocycles. The van der Waals surface area contributed by atoms with Crippen molar-refractivity contribution < 1.29 is 4.74 Å². The van der Waals surface area contributed by atoms with Crippen molar-refractivity contribution in [1.82, 2.24) is 19.9 Å². The lowest BCUT2D eigenvalue weighted by molar-refractivity contribution is 0.378. The fraction of sp³-hybridized carbons (Fsp3) is 0.385. The van der Waals surface area contributed by atoms with E-state index in [1.54, 1.807) is 0 Å². The zero-order valence-corrected chi connectivity index (χ0v) is 12.4. The first kappa shape index (κ1) is 14.5. The number of pyridine rings is 1. The number of aryl methyl sites for hydroxylation is 1. The molecule has 106 valence electrons. The van der Waals surface area contributed by atoms with Crippen molar-refractivity contribution in [2.45, 2.75) is 20.4 Å². The molecule has 0 fully saturated rings. The molecule has 2 heterocycles. The molecule has 7 heteroatoms. The minimum atomic E-state index is 0.113. The van der Waals surface area contributed by atoms with E-state index < -0.39 is 0 Å². The van der Waals surface area contributed by atoms with E-state index in [2.05, 4.69) is 19.9 Å². The summed E-state index contributed by atoms with van der Waals surface area (Å²) in [6.45, 7) is 5.30. The molecule has 6 nitrogen and oxygen atoms in total. The van der Waals surface area contributed by atoms with Crippen molar-refractivity contribution in [2.75, 3.05) is 18.6 Å². The quantitative estimate of drug-likeness (QED) is 0.842. The minimum absolute atomic E-state index is 0.113. The molecule has 0 aliphatic rings. The Bertz CT molecular complexity index is 593. The maximum Gasteiger partial charge on any atom is 0.322 e. The Kier molecular flexibility index (Phi) is 4.68. The molecule has 0 atom stereocenters. The van der Waals surface area contributed by atoms with Crippen LogP contribution in [0.15, 0.2) is 18.2 Å². The van der Waals surface area contributed by atoms with Crippen molar-refractivity contribution in [3.63, 3.8) is 0 Å². The van der Waals surface area contributed by atoms with E-state index in [4.69, 9.17) is 16.3 Å². The number of anilines is 1. The summed E-state index contributed by atoms with van der Waals surface area (Å²) in [7, 11) is 1.49. The molecule has 0 saturated heterocycles. The third-order valence-corrected chi connectivity index (χ3v) is 2.89. The highest BCUT2D eigenvalue weighted by Crippen LogP contribution is 2.16. The first-order chi connectivity index (χ1) is 9.62. The standard InChI is InChI=1S/C13H16ClN5O/c1-4-19(8-10-7-5-6-9(2)15-10)12-16-11(14)17-13(18-12)20-3/h5-7H,4,8H2,1-3H3. The SMILES string of the molecule is CCN(Cc1cccc(C)n1)c1nc(Cl)nc(OC)n1. The first-order valence-corrected chi connectivity index (χ1v) is 6.63. The van der Waals surface area contributed by atoms with Crippen molar-refractivity contribution in [1.29, 1.82) is 0 Å². The van der Waals surface area contributed by atoms with Crippen LogP contribution in [-0.2, 0) is 6.54 Å². The molecule has 0 bridgehead atoms. The molecule has 0 radical (unpaired) electrons. The van der Waals surface area contributed by atoms with E-state index in [1.807, 2.05) is 36.9 Å². The second-order valence-corrected chi connectivity index (χ2v) is 4.51. The number of hydrogen-bond acceptors (Lipinski definition) is 6. The molecule has 0 aliphatic carbocycles. The highest BCUT2D eigenvalue weighted by molar-refractivity contribution is 6.28. The van der Waals surface area contributed by atoms with Gasteiger partial charge in [-0.15, -0.1) is 0 Å². The van der Waals surface area contributed by atoms with Crippen molar-refractivity contribution >= 4 is 17.5 Å². The second kappa shape index (κ2) is 6.47. The summed E-state index contributed by atoms with van der Waals surface area (Å²) in [5.74, 6) is 0.479. The summed E-state index contributed by atoms with van der Waals surface area (Å²) in [6, 6.07) is 6.11. The number of halogens is 1. The molecule has 0 N–H and O–H groups in total. The van der Waals surface area contributed by atoms with Crippen LogP contribution in [0, 0.1) is 6.92 Å². The van der Waals surface area contributed by atoms with Gasteiger partial charge < -0.3 is 9.64 Å². The van der Waals surface area contributed by atoms with Crippen LogP contribution in [0.1, 0.15) is 18.3 Å². The van der Waals surface area contributed by atoms with Crippen molar-refractivity contribution in [3.8, 4) is 6.01 Å². The average molecular weight is 294 g/mol. The highest BCUT2D eigenvalue weighted by Gasteiger charge is 2.13. The molecule has 20 heavy (non-hydrogen) atoms. The van der Waals surface area contributed by atoms with Gasteiger partial charge in [0.2, 0.25) is 11.2 Å². The normalized spacial score (nSPS) is 10.4. The van der Waals surface area contributed by atoms with E-state index >= 15 is 0 Å². The average Bonchev–Trinajstić information content (AvgIpc) is 2.44. The molecule has 0 amide bonds. The number of nitrogens with zero attached hydrogens (tertiary/aromatic N) is 5. The van der Waals surface area contributed by atoms with Gasteiger partial charge in [-0.25, -0.2) is 0 Å². The molecule has 0 spiro atoms. The van der Waals surface area contributed by atoms with Crippen molar-refractivity contribution in [3.05, 3.63) is 34.9 Å². The van der Waals surface area contributed by atoms with E-state index in [1.165, 1.54) is 7.11 Å². The minimum Gasteiger partial charge on any atom is -0.467 e. The van der Waals surface area contributed by atoms with Gasteiger partial charge in [0.15, 0.2) is 0 Å². The largest absolute Gasteiger partial charge is 0.467 e. The molecule has 2 aromatic rings. The van der Waals surface area contributed by atoms with Crippen LogP contribution in [0.25, 0.3) is 0 Å². The Morgan fingerprint density at radius 2 is 2.00 bits per heavy atom. The highest BCUT2D eigenvalue weighted by atomic mass is 35.5. The fourth-order valence-electron chi connectivity index (χ4n) is 1.76. The van der Waals surface area contributed by atoms with Crippen LogP contribution < -0.4 is 9.64 Å². The second-order valence-electron chi connectivity index (χ2n) is 4.18. The van der Waals surface area contributed by atoms with Gasteiger partial charge in [-0.2, -0.15) is 15.0 Å². The third kappa shape index (κ3) is 3.54. The predicted octanol–water partition coefficient (Wildman–Crippen LogP) is 2.26. The Labute approximate surface area is 122 Å². The summed E-state index contributed by atoms with van der Waals surface area (Å²) in [6.07, 6.45) is 0. The lowest BCUT2D eigenvalue weighted by atomic mass is 10.3. The Balaban J connectivity index is 2.26. The van der Waals surface area contributed by atoms with Crippen LogP contribution in [0.4, 0.5) is 5.95 Å². The van der Waals surface area contributed by atoms with Gasteiger partial charge >= 0.3 is 6.01 Å². The van der Waals surface area contributed by atoms with Gasteiger partial charge in [0.25, 0.3) is 0 Å². The van der Waals surface area contributed by atoms with Crippen LogP contribution in [-0.4, -0.2) is 33.6 Å². The molecule has 0 aromatic carbocycles. The van der Waals surface area contributed by atoms with Gasteiger partial charge in [0.05, 0.1) is 19.3 Å². The Morgan fingerprint density at radius 3 is 2.65 bits per heavy atom. The van der Waals surface area contributed by atoms with Gasteiger partial charge in [-0.05, 0) is 37.6 Å². The first-order valence-electron chi connectivity index (χ1n) is 6.25. The number of ether oxygens (including phenoxy) is 1. The summed E-state index contributed by atoms with van der Waals surface area (Å²) in [4.78, 5) is 18.6. The number of aromatic nitrogens is 4. The van der Waals surface area contributed by atoms with Crippen LogP contribution in [0.5, 0.6) is 6.01 Å². The summed E-state index contributed by atoms with van der Waals surface area (Å²) >= 11 is 5.87. The van der Waals surface area contributed by atoms with E-state index in [9.17, 15) is 0 Å². The lowest BCUT2D eigenvalue weighted by Crippen LogP contribution is -2.25. The third-order valence-electron chi connectivity index (χ3n) is 2.72. The topological polar surface area (TPSA) is 64.0 Å². The Hall–Kier alpha value is -1.95. The molecule has 2 rings (SSSR count). The zero-order valence-electron chi connectivity index (χ0n) is 11.7. The maximum absolute atomic E-state index is 5.87. The van der Waals surface area contributed by atoms with E-state index in [-0.39, 0.29) is 11.3 Å². The Morgan fingerprint density at radius 1 is 1.20 bits per heavy atom. The van der Waals surface area contributed by atoms with Crippen molar-refractivity contribution in [2.24, 2.45) is 0 Å². The van der Waals surface area contributed by atoms with Gasteiger partial charge in [-0.3, -0.25) is 4.98 Å². The van der Waals surface area contributed by atoms with Gasteiger partial charge in [0.1, 0.15) is 0 Å². The number of methoxy groups -OCH3 is 1. The smallest absolute Gasteiger partial charge is 0.322 e. The van der Waals surface area contributed by atoms with Crippen LogP contribution >= 0.6 is 11.6 Å². The van der Waals surface area contributed by atoms with E-state index in [0.717, 1.165) is 17.9 Å². The maximum atomic E-state index is 5.87. The summed E-state index contributed by atoms with van der Waals surface area (Å²) in [5.41, 5.74) is 1.92. The fourth-order valence-corrected chi connectivity index (χ4v) is 1.91. The molecule has 0 saturated carbocycles. The van der Waals surface area contributed by atoms with Gasteiger partial charge in [-0.1, -0.05) is 6.07 Å².